The predicted octanol–water partition coefficient (Wildman–Crippen LogP) is 4.71. The minimum atomic E-state index is 0.123. The number of fused-ring (bicyclic) bond motifs is 1. The van der Waals surface area contributed by atoms with Crippen LogP contribution in [0.2, 0.25) is 0 Å². The smallest absolute Gasteiger partial charge is 0.219 e. The van der Waals surface area contributed by atoms with Gasteiger partial charge in [-0.15, -0.1) is 10.2 Å². The number of carbonyl (C=O) groups is 1. The molecular weight excluding hydrogens is 374 g/mol. The molecule has 1 unspecified atom stereocenters. The number of aromatic nitrogens is 4. The van der Waals surface area contributed by atoms with Gasteiger partial charge in [-0.1, -0.05) is 43.3 Å². The van der Waals surface area contributed by atoms with Crippen molar-refractivity contribution in [3.8, 4) is 22.5 Å². The fourth-order valence-corrected chi connectivity index (χ4v) is 4.43. The molecule has 2 N–H and O–H groups in total. The summed E-state index contributed by atoms with van der Waals surface area (Å²) >= 11 is 0. The van der Waals surface area contributed by atoms with Gasteiger partial charge < -0.3 is 14.9 Å². The number of hydrogen-bond acceptors (Lipinski definition) is 3. The fourth-order valence-electron chi connectivity index (χ4n) is 4.43. The van der Waals surface area contributed by atoms with E-state index >= 15 is 0 Å². The molecule has 30 heavy (non-hydrogen) atoms. The lowest BCUT2D eigenvalue weighted by molar-refractivity contribution is -0.121. The van der Waals surface area contributed by atoms with E-state index in [9.17, 15) is 4.79 Å². The normalized spacial score (nSPS) is 18.7. The van der Waals surface area contributed by atoms with Crippen LogP contribution >= 0.6 is 0 Å². The standard InChI is InChI=1S/C24H25N5O/c1-2-23(30)27-20-9-10-21(14-20)29-15-26-28-24(29)18-6-3-16(4-7-18)19-8-5-17-11-12-25-22(17)13-19/h3-8,11-13,15,20-21,25H,2,9-10,14H2,1H3,(H,27,30)/t20-,21?/m0/s1. The molecule has 2 aromatic heterocycles. The highest BCUT2D eigenvalue weighted by atomic mass is 16.1. The highest BCUT2D eigenvalue weighted by molar-refractivity contribution is 5.85. The maximum atomic E-state index is 11.7. The largest absolute Gasteiger partial charge is 0.361 e. The number of aromatic amines is 1. The third-order valence-corrected chi connectivity index (χ3v) is 6.09. The Morgan fingerprint density at radius 1 is 1.10 bits per heavy atom. The number of H-pyrrole nitrogens is 1. The highest BCUT2D eigenvalue weighted by Gasteiger charge is 2.28. The summed E-state index contributed by atoms with van der Waals surface area (Å²) in [6.45, 7) is 1.89. The Hall–Kier alpha value is -3.41. The first-order valence-electron chi connectivity index (χ1n) is 10.6. The first-order valence-corrected chi connectivity index (χ1v) is 10.6. The van der Waals surface area contributed by atoms with E-state index in [-0.39, 0.29) is 11.9 Å². The van der Waals surface area contributed by atoms with Gasteiger partial charge in [0.2, 0.25) is 5.91 Å². The summed E-state index contributed by atoms with van der Waals surface area (Å²) in [6, 6.07) is 17.6. The van der Waals surface area contributed by atoms with E-state index in [1.54, 1.807) is 0 Å². The highest BCUT2D eigenvalue weighted by Crippen LogP contribution is 2.34. The Morgan fingerprint density at radius 2 is 1.90 bits per heavy atom. The Kier molecular flexibility index (Phi) is 4.83. The van der Waals surface area contributed by atoms with Gasteiger partial charge in [0.25, 0.3) is 0 Å². The average Bonchev–Trinajstić information content (AvgIpc) is 3.53. The lowest BCUT2D eigenvalue weighted by Gasteiger charge is -2.16. The summed E-state index contributed by atoms with van der Waals surface area (Å²) in [5.74, 6) is 1.01. The number of nitrogens with zero attached hydrogens (tertiary/aromatic N) is 3. The van der Waals surface area contributed by atoms with Crippen molar-refractivity contribution in [1.29, 1.82) is 0 Å². The van der Waals surface area contributed by atoms with Gasteiger partial charge in [0, 0.05) is 35.8 Å². The lowest BCUT2D eigenvalue weighted by atomic mass is 10.0. The zero-order valence-electron chi connectivity index (χ0n) is 17.0. The lowest BCUT2D eigenvalue weighted by Crippen LogP contribution is -2.32. The summed E-state index contributed by atoms with van der Waals surface area (Å²) < 4.78 is 2.16. The quantitative estimate of drug-likeness (QED) is 0.510. The minimum absolute atomic E-state index is 0.123. The predicted molar refractivity (Wildman–Crippen MR) is 118 cm³/mol. The molecule has 0 bridgehead atoms. The molecule has 2 heterocycles. The van der Waals surface area contributed by atoms with E-state index in [0.717, 1.165) is 36.2 Å². The van der Waals surface area contributed by atoms with Crippen molar-refractivity contribution in [2.75, 3.05) is 0 Å². The van der Waals surface area contributed by atoms with Gasteiger partial charge in [0.1, 0.15) is 6.33 Å². The Labute approximate surface area is 175 Å². The molecule has 6 nitrogen and oxygen atoms in total. The first-order chi connectivity index (χ1) is 14.7. The molecule has 1 amide bonds. The van der Waals surface area contributed by atoms with Crippen molar-refractivity contribution >= 4 is 16.8 Å². The number of carbonyl (C=O) groups excluding carboxylic acids is 1. The molecule has 0 aliphatic heterocycles. The van der Waals surface area contributed by atoms with Crippen molar-refractivity contribution < 1.29 is 4.79 Å². The van der Waals surface area contributed by atoms with Crippen molar-refractivity contribution in [3.63, 3.8) is 0 Å². The fraction of sp³-hybridized carbons (Fsp3) is 0.292. The summed E-state index contributed by atoms with van der Waals surface area (Å²) in [5, 5.41) is 12.9. The summed E-state index contributed by atoms with van der Waals surface area (Å²) in [6.07, 6.45) is 7.25. The molecule has 5 rings (SSSR count). The molecule has 152 valence electrons. The molecule has 1 saturated carbocycles. The van der Waals surface area contributed by atoms with Crippen LogP contribution in [0.5, 0.6) is 0 Å². The van der Waals surface area contributed by atoms with Crippen LogP contribution in [0.4, 0.5) is 0 Å². The van der Waals surface area contributed by atoms with Crippen molar-refractivity contribution in [1.82, 2.24) is 25.1 Å². The van der Waals surface area contributed by atoms with E-state index in [1.165, 1.54) is 16.5 Å². The number of rotatable bonds is 5. The molecule has 1 fully saturated rings. The van der Waals surface area contributed by atoms with Gasteiger partial charge in [-0.3, -0.25) is 4.79 Å². The van der Waals surface area contributed by atoms with E-state index in [0.29, 0.717) is 12.5 Å². The van der Waals surface area contributed by atoms with Gasteiger partial charge in [0.15, 0.2) is 5.82 Å². The van der Waals surface area contributed by atoms with E-state index in [2.05, 4.69) is 73.6 Å². The number of amides is 1. The Bertz CT molecular complexity index is 1170. The van der Waals surface area contributed by atoms with Crippen LogP contribution in [0, 0.1) is 0 Å². The van der Waals surface area contributed by atoms with Gasteiger partial charge in [-0.05, 0) is 47.9 Å². The average molecular weight is 399 g/mol. The van der Waals surface area contributed by atoms with Crippen molar-refractivity contribution in [3.05, 3.63) is 61.1 Å². The van der Waals surface area contributed by atoms with Gasteiger partial charge in [-0.25, -0.2) is 0 Å². The van der Waals surface area contributed by atoms with Crippen molar-refractivity contribution in [2.45, 2.75) is 44.7 Å². The second-order valence-electron chi connectivity index (χ2n) is 8.00. The molecule has 0 radical (unpaired) electrons. The van der Waals surface area contributed by atoms with Crippen molar-refractivity contribution in [2.24, 2.45) is 0 Å². The number of benzene rings is 2. The SMILES string of the molecule is CCC(=O)N[C@H]1CCC(n2cnnc2-c2ccc(-c3ccc4cc[nH]c4c3)cc2)C1. The van der Waals surface area contributed by atoms with Gasteiger partial charge in [-0.2, -0.15) is 0 Å². The second kappa shape index (κ2) is 7.78. The van der Waals surface area contributed by atoms with Crippen LogP contribution in [0.25, 0.3) is 33.4 Å². The topological polar surface area (TPSA) is 75.6 Å². The first kappa shape index (κ1) is 18.6. The maximum Gasteiger partial charge on any atom is 0.219 e. The monoisotopic (exact) mass is 399 g/mol. The zero-order valence-corrected chi connectivity index (χ0v) is 17.0. The summed E-state index contributed by atoms with van der Waals surface area (Å²) in [7, 11) is 0. The third kappa shape index (κ3) is 3.49. The molecule has 1 aliphatic rings. The van der Waals surface area contributed by atoms with Crippen LogP contribution in [-0.4, -0.2) is 31.7 Å². The molecule has 2 aromatic carbocycles. The van der Waals surface area contributed by atoms with Crippen LogP contribution in [0.3, 0.4) is 0 Å². The second-order valence-corrected chi connectivity index (χ2v) is 8.00. The van der Waals surface area contributed by atoms with E-state index < -0.39 is 0 Å². The van der Waals surface area contributed by atoms with Crippen LogP contribution < -0.4 is 5.32 Å². The van der Waals surface area contributed by atoms with E-state index in [1.807, 2.05) is 19.4 Å². The van der Waals surface area contributed by atoms with Crippen LogP contribution in [0.15, 0.2) is 61.1 Å². The molecule has 0 saturated heterocycles. The van der Waals surface area contributed by atoms with Crippen LogP contribution in [-0.2, 0) is 4.79 Å². The van der Waals surface area contributed by atoms with Crippen LogP contribution in [0.1, 0.15) is 38.6 Å². The summed E-state index contributed by atoms with van der Waals surface area (Å²) in [4.78, 5) is 15.0. The summed E-state index contributed by atoms with van der Waals surface area (Å²) in [5.41, 5.74) is 4.55. The number of hydrogen-bond donors (Lipinski definition) is 2. The molecular formula is C24H25N5O. The molecule has 4 aromatic rings. The minimum Gasteiger partial charge on any atom is -0.361 e. The maximum absolute atomic E-state index is 11.7. The molecule has 1 aliphatic carbocycles. The molecule has 0 spiro atoms. The Balaban J connectivity index is 1.36. The molecule has 6 heteroatoms. The van der Waals surface area contributed by atoms with Gasteiger partial charge in [0.05, 0.1) is 0 Å². The third-order valence-electron chi connectivity index (χ3n) is 6.09. The van der Waals surface area contributed by atoms with E-state index in [4.69, 9.17) is 0 Å². The Morgan fingerprint density at radius 3 is 2.73 bits per heavy atom. The zero-order chi connectivity index (χ0) is 20.5. The number of nitrogens with one attached hydrogen (secondary N) is 2. The van der Waals surface area contributed by atoms with Gasteiger partial charge >= 0.3 is 0 Å². The molecule has 2 atom stereocenters.